The van der Waals surface area contributed by atoms with Gasteiger partial charge in [0.25, 0.3) is 0 Å². The summed E-state index contributed by atoms with van der Waals surface area (Å²) in [6, 6.07) is 2.37. The van der Waals surface area contributed by atoms with Crippen molar-refractivity contribution in [1.29, 1.82) is 0 Å². The van der Waals surface area contributed by atoms with E-state index < -0.39 is 0 Å². The quantitative estimate of drug-likeness (QED) is 0.892. The van der Waals surface area contributed by atoms with Crippen LogP contribution in [0.2, 0.25) is 0 Å². The van der Waals surface area contributed by atoms with Crippen LogP contribution < -0.4 is 11.1 Å². The Hall–Kier alpha value is -1.20. The summed E-state index contributed by atoms with van der Waals surface area (Å²) in [6.07, 6.45) is 6.59. The van der Waals surface area contributed by atoms with Gasteiger partial charge in [-0.15, -0.1) is 11.3 Å². The van der Waals surface area contributed by atoms with E-state index in [-0.39, 0.29) is 0 Å². The van der Waals surface area contributed by atoms with Gasteiger partial charge < -0.3 is 11.1 Å². The molecular weight excluding hydrogens is 244 g/mol. The topological polar surface area (TPSA) is 63.8 Å². The molecule has 96 valence electrons. The van der Waals surface area contributed by atoms with E-state index in [9.17, 15) is 0 Å². The molecule has 0 aliphatic heterocycles. The van der Waals surface area contributed by atoms with Crippen LogP contribution in [0.3, 0.4) is 0 Å². The molecule has 3 N–H and O–H groups in total. The Morgan fingerprint density at radius 2 is 2.22 bits per heavy atom. The molecule has 2 aromatic rings. The molecule has 18 heavy (non-hydrogen) atoms. The maximum absolute atomic E-state index is 6.17. The van der Waals surface area contributed by atoms with E-state index in [0.29, 0.717) is 12.0 Å². The summed E-state index contributed by atoms with van der Waals surface area (Å²) in [5, 5.41) is 5.51. The average molecular weight is 262 g/mol. The summed E-state index contributed by atoms with van der Waals surface area (Å²) < 4.78 is 1.14. The molecule has 1 aliphatic carbocycles. The van der Waals surface area contributed by atoms with Crippen LogP contribution in [-0.2, 0) is 0 Å². The Labute approximate surface area is 111 Å². The average Bonchev–Trinajstić information content (AvgIpc) is 2.86. The third kappa shape index (κ3) is 2.33. The van der Waals surface area contributed by atoms with Crippen molar-refractivity contribution in [3.05, 3.63) is 17.8 Å². The molecule has 1 fully saturated rings. The highest BCUT2D eigenvalue weighted by molar-refractivity contribution is 7.17. The van der Waals surface area contributed by atoms with Crippen molar-refractivity contribution < 1.29 is 0 Å². The van der Waals surface area contributed by atoms with Crippen LogP contribution in [0.1, 0.15) is 25.7 Å². The molecule has 0 bridgehead atoms. The van der Waals surface area contributed by atoms with Crippen molar-refractivity contribution in [1.82, 2.24) is 9.97 Å². The smallest absolute Gasteiger partial charge is 0.147 e. The third-order valence-electron chi connectivity index (χ3n) is 3.74. The summed E-state index contributed by atoms with van der Waals surface area (Å²) in [5.41, 5.74) is 7.18. The molecule has 1 aliphatic rings. The number of aromatic nitrogens is 2. The molecule has 0 spiro atoms. The molecule has 1 saturated carbocycles. The Balaban J connectivity index is 1.71. The highest BCUT2D eigenvalue weighted by Crippen LogP contribution is 2.27. The normalized spacial score (nSPS) is 24.3. The summed E-state index contributed by atoms with van der Waals surface area (Å²) >= 11 is 1.68. The van der Waals surface area contributed by atoms with E-state index >= 15 is 0 Å². The summed E-state index contributed by atoms with van der Waals surface area (Å²) in [7, 11) is 0. The number of hydrogen-bond donors (Lipinski definition) is 2. The van der Waals surface area contributed by atoms with E-state index in [2.05, 4.69) is 20.7 Å². The van der Waals surface area contributed by atoms with Crippen molar-refractivity contribution in [2.75, 3.05) is 11.9 Å². The SMILES string of the molecule is NC1CCCCC1CNc1ncnc2ccsc12. The Morgan fingerprint density at radius 3 is 3.11 bits per heavy atom. The number of anilines is 1. The van der Waals surface area contributed by atoms with E-state index in [1.54, 1.807) is 17.7 Å². The Kier molecular flexibility index (Phi) is 3.43. The second-order valence-corrected chi connectivity index (χ2v) is 5.86. The van der Waals surface area contributed by atoms with E-state index in [4.69, 9.17) is 5.73 Å². The summed E-state index contributed by atoms with van der Waals surface area (Å²) in [5.74, 6) is 1.52. The minimum Gasteiger partial charge on any atom is -0.368 e. The third-order valence-corrected chi connectivity index (χ3v) is 4.65. The molecular formula is C13H18N4S. The molecule has 0 aromatic carbocycles. The highest BCUT2D eigenvalue weighted by Gasteiger charge is 2.21. The first kappa shape index (κ1) is 11.9. The molecule has 4 nitrogen and oxygen atoms in total. The van der Waals surface area contributed by atoms with Gasteiger partial charge in [-0.05, 0) is 30.2 Å². The predicted octanol–water partition coefficient (Wildman–Crippen LogP) is 2.62. The first-order valence-electron chi connectivity index (χ1n) is 6.52. The van der Waals surface area contributed by atoms with Gasteiger partial charge in [-0.1, -0.05) is 12.8 Å². The maximum Gasteiger partial charge on any atom is 0.147 e. The highest BCUT2D eigenvalue weighted by atomic mass is 32.1. The summed E-state index contributed by atoms with van der Waals surface area (Å²) in [4.78, 5) is 8.58. The van der Waals surface area contributed by atoms with Crippen LogP contribution in [0.4, 0.5) is 5.82 Å². The first-order chi connectivity index (χ1) is 8.84. The van der Waals surface area contributed by atoms with Crippen LogP contribution in [0.15, 0.2) is 17.8 Å². The standard InChI is InChI=1S/C13H18N4S/c14-10-4-2-1-3-9(10)7-15-13-12-11(5-6-18-12)16-8-17-13/h5-6,8-10H,1-4,7,14H2,(H,15,16,17). The number of hydrogen-bond acceptors (Lipinski definition) is 5. The van der Waals surface area contributed by atoms with E-state index in [1.807, 2.05) is 6.07 Å². The zero-order valence-electron chi connectivity index (χ0n) is 10.3. The number of nitrogens with zero attached hydrogens (tertiary/aromatic N) is 2. The van der Waals surface area contributed by atoms with Gasteiger partial charge in [-0.2, -0.15) is 0 Å². The van der Waals surface area contributed by atoms with Crippen molar-refractivity contribution >= 4 is 27.4 Å². The van der Waals surface area contributed by atoms with Crippen LogP contribution in [0, 0.1) is 5.92 Å². The Bertz CT molecular complexity index is 524. The molecule has 0 saturated heterocycles. The monoisotopic (exact) mass is 262 g/mol. The minimum absolute atomic E-state index is 0.340. The fourth-order valence-corrected chi connectivity index (χ4v) is 3.44. The lowest BCUT2D eigenvalue weighted by molar-refractivity contribution is 0.321. The fourth-order valence-electron chi connectivity index (χ4n) is 2.63. The van der Waals surface area contributed by atoms with Crippen LogP contribution in [-0.4, -0.2) is 22.6 Å². The van der Waals surface area contributed by atoms with Gasteiger partial charge >= 0.3 is 0 Å². The van der Waals surface area contributed by atoms with Crippen LogP contribution >= 0.6 is 11.3 Å². The van der Waals surface area contributed by atoms with Gasteiger partial charge in [0, 0.05) is 12.6 Å². The number of nitrogens with two attached hydrogens (primary N) is 1. The zero-order chi connectivity index (χ0) is 12.4. The van der Waals surface area contributed by atoms with Gasteiger partial charge in [0.1, 0.15) is 12.1 Å². The van der Waals surface area contributed by atoms with Crippen molar-refractivity contribution in [3.63, 3.8) is 0 Å². The number of fused-ring (bicyclic) bond motifs is 1. The second-order valence-electron chi connectivity index (χ2n) is 4.95. The molecule has 5 heteroatoms. The van der Waals surface area contributed by atoms with Gasteiger partial charge in [0.15, 0.2) is 0 Å². The second kappa shape index (κ2) is 5.20. The lowest BCUT2D eigenvalue weighted by Gasteiger charge is -2.28. The lowest BCUT2D eigenvalue weighted by Crippen LogP contribution is -2.37. The van der Waals surface area contributed by atoms with Crippen molar-refractivity contribution in [3.8, 4) is 0 Å². The molecule has 0 radical (unpaired) electrons. The predicted molar refractivity (Wildman–Crippen MR) is 75.8 cm³/mol. The van der Waals surface area contributed by atoms with Crippen molar-refractivity contribution in [2.24, 2.45) is 11.7 Å². The van der Waals surface area contributed by atoms with Gasteiger partial charge in [-0.3, -0.25) is 0 Å². The lowest BCUT2D eigenvalue weighted by atomic mass is 9.85. The molecule has 3 rings (SSSR count). The number of nitrogens with one attached hydrogen (secondary N) is 1. The molecule has 0 amide bonds. The van der Waals surface area contributed by atoms with Crippen molar-refractivity contribution in [2.45, 2.75) is 31.7 Å². The first-order valence-corrected chi connectivity index (χ1v) is 7.40. The zero-order valence-corrected chi connectivity index (χ0v) is 11.1. The molecule has 2 atom stereocenters. The fraction of sp³-hybridized carbons (Fsp3) is 0.538. The minimum atomic E-state index is 0.340. The number of thiophene rings is 1. The van der Waals surface area contributed by atoms with Gasteiger partial charge in [0.05, 0.1) is 10.2 Å². The van der Waals surface area contributed by atoms with Gasteiger partial charge in [-0.25, -0.2) is 9.97 Å². The number of rotatable bonds is 3. The Morgan fingerprint density at radius 1 is 1.33 bits per heavy atom. The van der Waals surface area contributed by atoms with E-state index in [1.165, 1.54) is 19.3 Å². The molecule has 2 aromatic heterocycles. The maximum atomic E-state index is 6.17. The summed E-state index contributed by atoms with van der Waals surface area (Å²) in [6.45, 7) is 0.922. The van der Waals surface area contributed by atoms with E-state index in [0.717, 1.165) is 29.0 Å². The molecule has 2 heterocycles. The molecule has 2 unspecified atom stereocenters. The largest absolute Gasteiger partial charge is 0.368 e. The van der Waals surface area contributed by atoms with Gasteiger partial charge in [0.2, 0.25) is 0 Å². The van der Waals surface area contributed by atoms with Crippen LogP contribution in [0.25, 0.3) is 10.2 Å². The van der Waals surface area contributed by atoms with Crippen LogP contribution in [0.5, 0.6) is 0 Å².